The summed E-state index contributed by atoms with van der Waals surface area (Å²) < 4.78 is 7.27. The fourth-order valence-corrected chi connectivity index (χ4v) is 3.29. The van der Waals surface area contributed by atoms with E-state index in [0.29, 0.717) is 16.2 Å². The number of fused-ring (bicyclic) bond motifs is 1. The van der Waals surface area contributed by atoms with E-state index in [1.165, 1.54) is 18.4 Å². The molecule has 1 aromatic heterocycles. The molecular formula is C15H17ClN2O3S. The summed E-state index contributed by atoms with van der Waals surface area (Å²) in [6, 6.07) is 5.35. The molecule has 22 heavy (non-hydrogen) atoms. The number of carbonyl (C=O) groups is 2. The van der Waals surface area contributed by atoms with Gasteiger partial charge in [-0.05, 0) is 24.6 Å². The van der Waals surface area contributed by atoms with Crippen molar-refractivity contribution in [2.24, 2.45) is 4.99 Å². The largest absolute Gasteiger partial charge is 0.468 e. The Hall–Kier alpha value is -1.66. The molecule has 118 valence electrons. The second-order valence-corrected chi connectivity index (χ2v) is 6.21. The number of unbranched alkanes of at least 4 members (excludes halogenated alkanes) is 1. The number of benzene rings is 1. The third-order valence-electron chi connectivity index (χ3n) is 3.12. The molecule has 0 N–H and O–H groups in total. The zero-order valence-corrected chi connectivity index (χ0v) is 14.0. The first-order chi connectivity index (χ1) is 10.5. The maximum absolute atomic E-state index is 11.9. The highest BCUT2D eigenvalue weighted by atomic mass is 35.5. The summed E-state index contributed by atoms with van der Waals surface area (Å²) in [6.45, 7) is 2.03. The molecule has 0 fully saturated rings. The Bertz CT molecular complexity index is 764. The molecule has 1 heterocycles. The van der Waals surface area contributed by atoms with E-state index in [-0.39, 0.29) is 12.5 Å². The van der Waals surface area contributed by atoms with Gasteiger partial charge in [0.25, 0.3) is 0 Å². The van der Waals surface area contributed by atoms with Gasteiger partial charge in [-0.2, -0.15) is 4.99 Å². The van der Waals surface area contributed by atoms with Crippen molar-refractivity contribution in [3.8, 4) is 0 Å². The molecule has 0 aliphatic carbocycles. The van der Waals surface area contributed by atoms with Crippen molar-refractivity contribution in [1.82, 2.24) is 4.57 Å². The van der Waals surface area contributed by atoms with Crippen LogP contribution < -0.4 is 4.80 Å². The maximum Gasteiger partial charge on any atom is 0.325 e. The third-order valence-corrected chi connectivity index (χ3v) is 4.40. The summed E-state index contributed by atoms with van der Waals surface area (Å²) in [4.78, 5) is 28.1. The zero-order chi connectivity index (χ0) is 16.1. The van der Waals surface area contributed by atoms with Gasteiger partial charge < -0.3 is 9.30 Å². The van der Waals surface area contributed by atoms with E-state index in [1.54, 1.807) is 16.7 Å². The lowest BCUT2D eigenvalue weighted by molar-refractivity contribution is -0.141. The monoisotopic (exact) mass is 340 g/mol. The van der Waals surface area contributed by atoms with Gasteiger partial charge in [0.2, 0.25) is 5.91 Å². The van der Waals surface area contributed by atoms with Gasteiger partial charge in [0.15, 0.2) is 4.80 Å². The van der Waals surface area contributed by atoms with Crippen molar-refractivity contribution in [3.63, 3.8) is 0 Å². The van der Waals surface area contributed by atoms with Crippen LogP contribution in [0.2, 0.25) is 5.02 Å². The SMILES string of the molecule is CCCCC(=O)N=c1sc2cc(Cl)ccc2n1CC(=O)OC. The average Bonchev–Trinajstić information content (AvgIpc) is 2.81. The molecule has 7 heteroatoms. The molecule has 0 saturated carbocycles. The minimum Gasteiger partial charge on any atom is -0.468 e. The first-order valence-electron chi connectivity index (χ1n) is 6.98. The van der Waals surface area contributed by atoms with Crippen LogP contribution in [0.1, 0.15) is 26.2 Å². The summed E-state index contributed by atoms with van der Waals surface area (Å²) in [7, 11) is 1.33. The van der Waals surface area contributed by atoms with Crippen LogP contribution in [0.3, 0.4) is 0 Å². The van der Waals surface area contributed by atoms with Gasteiger partial charge in [-0.3, -0.25) is 9.59 Å². The molecule has 0 radical (unpaired) electrons. The second-order valence-electron chi connectivity index (χ2n) is 4.77. The topological polar surface area (TPSA) is 60.7 Å². The van der Waals surface area contributed by atoms with E-state index in [9.17, 15) is 9.59 Å². The molecule has 5 nitrogen and oxygen atoms in total. The molecule has 0 spiro atoms. The summed E-state index contributed by atoms with van der Waals surface area (Å²) in [6.07, 6.45) is 2.14. The number of hydrogen-bond donors (Lipinski definition) is 0. The summed E-state index contributed by atoms with van der Waals surface area (Å²) in [5.74, 6) is -0.574. The second kappa shape index (κ2) is 7.56. The lowest BCUT2D eigenvalue weighted by atomic mass is 10.2. The number of amides is 1. The number of nitrogens with zero attached hydrogens (tertiary/aromatic N) is 2. The Morgan fingerprint density at radius 1 is 1.41 bits per heavy atom. The van der Waals surface area contributed by atoms with Crippen LogP contribution in [0.4, 0.5) is 0 Å². The van der Waals surface area contributed by atoms with Gasteiger partial charge in [0.05, 0.1) is 17.3 Å². The van der Waals surface area contributed by atoms with E-state index >= 15 is 0 Å². The van der Waals surface area contributed by atoms with Gasteiger partial charge in [-0.25, -0.2) is 0 Å². The normalized spacial score (nSPS) is 11.9. The number of thiazole rings is 1. The Balaban J connectivity index is 2.51. The molecule has 0 aliphatic heterocycles. The van der Waals surface area contributed by atoms with Crippen molar-refractivity contribution in [2.45, 2.75) is 32.7 Å². The average molecular weight is 341 g/mol. The third kappa shape index (κ3) is 3.96. The highest BCUT2D eigenvalue weighted by Crippen LogP contribution is 2.22. The number of methoxy groups -OCH3 is 1. The number of carbonyl (C=O) groups excluding carboxylic acids is 2. The standard InChI is InChI=1S/C15H17ClN2O3S/c1-3-4-5-13(19)17-15-18(9-14(20)21-2)11-7-6-10(16)8-12(11)22-15/h6-8H,3-5,9H2,1-2H3. The summed E-state index contributed by atoms with van der Waals surface area (Å²) >= 11 is 7.33. The minimum absolute atomic E-state index is 0.0119. The van der Waals surface area contributed by atoms with Gasteiger partial charge in [0.1, 0.15) is 6.54 Å². The molecule has 0 bridgehead atoms. The molecule has 2 aromatic rings. The Labute approximate surface area is 137 Å². The summed E-state index contributed by atoms with van der Waals surface area (Å²) in [5.41, 5.74) is 0.807. The number of esters is 1. The minimum atomic E-state index is -0.392. The van der Waals surface area contributed by atoms with E-state index < -0.39 is 5.97 Å². The van der Waals surface area contributed by atoms with E-state index in [2.05, 4.69) is 4.99 Å². The number of aromatic nitrogens is 1. The van der Waals surface area contributed by atoms with Gasteiger partial charge >= 0.3 is 5.97 Å². The molecule has 0 atom stereocenters. The highest BCUT2D eigenvalue weighted by molar-refractivity contribution is 7.16. The lowest BCUT2D eigenvalue weighted by Gasteiger charge is -2.03. The first-order valence-corrected chi connectivity index (χ1v) is 8.18. The van der Waals surface area contributed by atoms with Crippen molar-refractivity contribution in [2.75, 3.05) is 7.11 Å². The van der Waals surface area contributed by atoms with Gasteiger partial charge in [-0.15, -0.1) is 0 Å². The zero-order valence-electron chi connectivity index (χ0n) is 12.5. The number of halogens is 1. The van der Waals surface area contributed by atoms with Crippen LogP contribution >= 0.6 is 22.9 Å². The Morgan fingerprint density at radius 2 is 2.18 bits per heavy atom. The van der Waals surface area contributed by atoms with Crippen molar-refractivity contribution in [3.05, 3.63) is 28.0 Å². The molecule has 0 saturated heterocycles. The van der Waals surface area contributed by atoms with Crippen molar-refractivity contribution in [1.29, 1.82) is 0 Å². The number of rotatable bonds is 5. The van der Waals surface area contributed by atoms with E-state index in [1.807, 2.05) is 13.0 Å². The quantitative estimate of drug-likeness (QED) is 0.785. The Morgan fingerprint density at radius 3 is 2.86 bits per heavy atom. The first kappa shape index (κ1) is 16.7. The van der Waals surface area contributed by atoms with Crippen LogP contribution in [0.15, 0.2) is 23.2 Å². The summed E-state index contributed by atoms with van der Waals surface area (Å²) in [5, 5.41) is 0.600. The number of ether oxygens (including phenoxy) is 1. The fraction of sp³-hybridized carbons (Fsp3) is 0.400. The molecule has 0 aliphatic rings. The predicted molar refractivity (Wildman–Crippen MR) is 86.9 cm³/mol. The van der Waals surface area contributed by atoms with Crippen molar-refractivity contribution >= 4 is 45.0 Å². The van der Waals surface area contributed by atoms with Crippen LogP contribution in [0.5, 0.6) is 0 Å². The van der Waals surface area contributed by atoms with Crippen LogP contribution in [-0.4, -0.2) is 23.6 Å². The fourth-order valence-electron chi connectivity index (χ4n) is 1.97. The number of hydrogen-bond acceptors (Lipinski definition) is 4. The molecule has 2 rings (SSSR count). The van der Waals surface area contributed by atoms with Crippen LogP contribution in [-0.2, 0) is 20.9 Å². The van der Waals surface area contributed by atoms with Gasteiger partial charge in [0, 0.05) is 11.4 Å². The molecule has 0 unspecified atom stereocenters. The van der Waals surface area contributed by atoms with E-state index in [0.717, 1.165) is 23.1 Å². The smallest absolute Gasteiger partial charge is 0.325 e. The molecule has 1 amide bonds. The van der Waals surface area contributed by atoms with Crippen molar-refractivity contribution < 1.29 is 14.3 Å². The molecule has 1 aromatic carbocycles. The van der Waals surface area contributed by atoms with Gasteiger partial charge in [-0.1, -0.05) is 36.3 Å². The van der Waals surface area contributed by atoms with E-state index in [4.69, 9.17) is 16.3 Å². The maximum atomic E-state index is 11.9. The lowest BCUT2D eigenvalue weighted by Crippen LogP contribution is -2.22. The van der Waals surface area contributed by atoms with Crippen LogP contribution in [0, 0.1) is 0 Å². The van der Waals surface area contributed by atoms with Crippen LogP contribution in [0.25, 0.3) is 10.2 Å². The Kier molecular flexibility index (Phi) is 5.74. The molecular weight excluding hydrogens is 324 g/mol. The highest BCUT2D eigenvalue weighted by Gasteiger charge is 2.12. The predicted octanol–water partition coefficient (Wildman–Crippen LogP) is 3.15.